The van der Waals surface area contributed by atoms with E-state index >= 15 is 0 Å². The molecule has 2 aliphatic heterocycles. The van der Waals surface area contributed by atoms with Crippen LogP contribution in [0.15, 0.2) is 24.3 Å². The second-order valence-electron chi connectivity index (χ2n) is 8.08. The van der Waals surface area contributed by atoms with Crippen molar-refractivity contribution in [3.8, 4) is 6.07 Å². The zero-order valence-electron chi connectivity index (χ0n) is 17.4. The number of hydrogen-bond donors (Lipinski definition) is 0. The number of aryl methyl sites for hydroxylation is 1. The molecule has 1 aromatic carbocycles. The highest BCUT2D eigenvalue weighted by molar-refractivity contribution is 5.49. The van der Waals surface area contributed by atoms with Crippen molar-refractivity contribution in [2.24, 2.45) is 0 Å². The molecular weight excluding hydrogens is 362 g/mol. The first-order valence-corrected chi connectivity index (χ1v) is 10.5. The van der Waals surface area contributed by atoms with Gasteiger partial charge in [-0.15, -0.1) is 0 Å². The number of rotatable bonds is 4. The molecule has 2 saturated heterocycles. The molecule has 4 rings (SSSR count). The molecule has 2 aliphatic rings. The Morgan fingerprint density at radius 3 is 2.59 bits per heavy atom. The zero-order valence-corrected chi connectivity index (χ0v) is 17.4. The predicted molar refractivity (Wildman–Crippen MR) is 113 cm³/mol. The molecule has 0 bridgehead atoms. The summed E-state index contributed by atoms with van der Waals surface area (Å²) in [5, 5.41) is 9.10. The van der Waals surface area contributed by atoms with Crippen molar-refractivity contribution in [3.63, 3.8) is 0 Å². The standard InChI is InChI=1S/C23H29N5O/c1-17-18(2)25-22(26-23(17)28-10-12-29-13-11-28)21-6-8-27(9-7-21)16-20-5-3-4-19(14-20)15-24/h3-5,14,21H,6-13,16H2,1-2H3. The Morgan fingerprint density at radius 2 is 1.86 bits per heavy atom. The molecule has 6 heteroatoms. The molecule has 2 aromatic rings. The Kier molecular flexibility index (Phi) is 6.08. The first-order chi connectivity index (χ1) is 14.1. The second kappa shape index (κ2) is 8.89. The molecule has 6 nitrogen and oxygen atoms in total. The normalized spacial score (nSPS) is 18.6. The highest BCUT2D eigenvalue weighted by Crippen LogP contribution is 2.30. The van der Waals surface area contributed by atoms with Gasteiger partial charge >= 0.3 is 0 Å². The van der Waals surface area contributed by atoms with E-state index in [1.807, 2.05) is 18.2 Å². The van der Waals surface area contributed by atoms with Crippen LogP contribution in [-0.2, 0) is 11.3 Å². The number of nitrogens with zero attached hydrogens (tertiary/aromatic N) is 5. The van der Waals surface area contributed by atoms with Crippen LogP contribution >= 0.6 is 0 Å². The maximum Gasteiger partial charge on any atom is 0.135 e. The number of aromatic nitrogens is 2. The molecule has 0 saturated carbocycles. The van der Waals surface area contributed by atoms with Crippen molar-refractivity contribution in [1.29, 1.82) is 5.26 Å². The number of piperidine rings is 1. The second-order valence-corrected chi connectivity index (χ2v) is 8.08. The fourth-order valence-corrected chi connectivity index (χ4v) is 4.25. The van der Waals surface area contributed by atoms with Crippen LogP contribution in [0.3, 0.4) is 0 Å². The Labute approximate surface area is 173 Å². The third kappa shape index (κ3) is 4.58. The van der Waals surface area contributed by atoms with E-state index in [1.165, 1.54) is 11.1 Å². The van der Waals surface area contributed by atoms with Crippen molar-refractivity contribution in [3.05, 3.63) is 52.5 Å². The lowest BCUT2D eigenvalue weighted by Crippen LogP contribution is -2.38. The van der Waals surface area contributed by atoms with Crippen LogP contribution in [0.2, 0.25) is 0 Å². The van der Waals surface area contributed by atoms with Crippen LogP contribution in [0, 0.1) is 25.2 Å². The molecule has 3 heterocycles. The maximum atomic E-state index is 9.10. The van der Waals surface area contributed by atoms with Crippen LogP contribution in [-0.4, -0.2) is 54.3 Å². The Bertz CT molecular complexity index is 893. The fraction of sp³-hybridized carbons (Fsp3) is 0.522. The smallest absolute Gasteiger partial charge is 0.135 e. The molecular formula is C23H29N5O. The molecule has 29 heavy (non-hydrogen) atoms. The van der Waals surface area contributed by atoms with E-state index in [1.54, 1.807) is 0 Å². The van der Waals surface area contributed by atoms with Gasteiger partial charge in [0.1, 0.15) is 11.6 Å². The SMILES string of the molecule is Cc1nc(C2CCN(Cc3cccc(C#N)c3)CC2)nc(N2CCOCC2)c1C. The van der Waals surface area contributed by atoms with E-state index in [2.05, 4.69) is 35.8 Å². The lowest BCUT2D eigenvalue weighted by atomic mass is 9.95. The summed E-state index contributed by atoms with van der Waals surface area (Å²) in [6.45, 7) is 10.5. The van der Waals surface area contributed by atoms with Crippen molar-refractivity contribution < 1.29 is 4.74 Å². The van der Waals surface area contributed by atoms with E-state index in [4.69, 9.17) is 20.0 Å². The third-order valence-corrected chi connectivity index (χ3v) is 6.11. The summed E-state index contributed by atoms with van der Waals surface area (Å²) < 4.78 is 5.50. The van der Waals surface area contributed by atoms with Gasteiger partial charge in [-0.25, -0.2) is 9.97 Å². The molecule has 0 atom stereocenters. The number of benzene rings is 1. The topological polar surface area (TPSA) is 65.3 Å². The van der Waals surface area contributed by atoms with Gasteiger partial charge in [-0.3, -0.25) is 4.90 Å². The quantitative estimate of drug-likeness (QED) is 0.798. The van der Waals surface area contributed by atoms with Gasteiger partial charge in [-0.05, 0) is 57.5 Å². The average Bonchev–Trinajstić information content (AvgIpc) is 2.77. The van der Waals surface area contributed by atoms with Crippen molar-refractivity contribution in [2.75, 3.05) is 44.3 Å². The average molecular weight is 392 g/mol. The highest BCUT2D eigenvalue weighted by atomic mass is 16.5. The minimum Gasteiger partial charge on any atom is -0.378 e. The van der Waals surface area contributed by atoms with Crippen molar-refractivity contribution in [2.45, 2.75) is 39.2 Å². The first-order valence-electron chi connectivity index (χ1n) is 10.5. The summed E-state index contributed by atoms with van der Waals surface area (Å²) >= 11 is 0. The van der Waals surface area contributed by atoms with E-state index in [0.717, 1.165) is 81.7 Å². The predicted octanol–water partition coefficient (Wildman–Crippen LogP) is 3.18. The van der Waals surface area contributed by atoms with E-state index in [-0.39, 0.29) is 0 Å². The Hall–Kier alpha value is -2.49. The largest absolute Gasteiger partial charge is 0.378 e. The lowest BCUT2D eigenvalue weighted by Gasteiger charge is -2.33. The molecule has 0 radical (unpaired) electrons. The van der Waals surface area contributed by atoms with Crippen molar-refractivity contribution in [1.82, 2.24) is 14.9 Å². The number of nitriles is 1. The lowest BCUT2D eigenvalue weighted by molar-refractivity contribution is 0.122. The van der Waals surface area contributed by atoms with Crippen LogP contribution in [0.4, 0.5) is 5.82 Å². The van der Waals surface area contributed by atoms with E-state index in [0.29, 0.717) is 5.92 Å². The first kappa shape index (κ1) is 19.8. The Balaban J connectivity index is 1.43. The monoisotopic (exact) mass is 391 g/mol. The molecule has 0 spiro atoms. The van der Waals surface area contributed by atoms with Gasteiger partial charge in [0, 0.05) is 36.8 Å². The molecule has 152 valence electrons. The summed E-state index contributed by atoms with van der Waals surface area (Å²) in [5.41, 5.74) is 4.22. The van der Waals surface area contributed by atoms with Gasteiger partial charge in [0.25, 0.3) is 0 Å². The summed E-state index contributed by atoms with van der Waals surface area (Å²) in [5.74, 6) is 2.50. The number of anilines is 1. The summed E-state index contributed by atoms with van der Waals surface area (Å²) in [4.78, 5) is 14.7. The van der Waals surface area contributed by atoms with Gasteiger partial charge in [-0.1, -0.05) is 12.1 Å². The van der Waals surface area contributed by atoms with Crippen LogP contribution in [0.25, 0.3) is 0 Å². The molecule has 0 amide bonds. The number of hydrogen-bond acceptors (Lipinski definition) is 6. The van der Waals surface area contributed by atoms with Gasteiger partial charge < -0.3 is 9.64 Å². The number of morpholine rings is 1. The Morgan fingerprint density at radius 1 is 1.10 bits per heavy atom. The fourth-order valence-electron chi connectivity index (χ4n) is 4.25. The molecule has 0 aliphatic carbocycles. The third-order valence-electron chi connectivity index (χ3n) is 6.11. The van der Waals surface area contributed by atoms with Gasteiger partial charge in [0.05, 0.1) is 24.8 Å². The van der Waals surface area contributed by atoms with Crippen LogP contribution in [0.1, 0.15) is 47.0 Å². The van der Waals surface area contributed by atoms with Gasteiger partial charge in [0.15, 0.2) is 0 Å². The molecule has 1 aromatic heterocycles. The summed E-state index contributed by atoms with van der Waals surface area (Å²) in [7, 11) is 0. The molecule has 0 N–H and O–H groups in total. The molecule has 2 fully saturated rings. The van der Waals surface area contributed by atoms with E-state index < -0.39 is 0 Å². The van der Waals surface area contributed by atoms with Crippen molar-refractivity contribution >= 4 is 5.82 Å². The summed E-state index contributed by atoms with van der Waals surface area (Å²) in [6, 6.07) is 10.2. The van der Waals surface area contributed by atoms with Gasteiger partial charge in [0.2, 0.25) is 0 Å². The minimum atomic E-state index is 0.413. The molecule has 0 unspecified atom stereocenters. The van der Waals surface area contributed by atoms with E-state index in [9.17, 15) is 0 Å². The summed E-state index contributed by atoms with van der Waals surface area (Å²) in [6.07, 6.45) is 2.14. The zero-order chi connectivity index (χ0) is 20.2. The van der Waals surface area contributed by atoms with Crippen LogP contribution < -0.4 is 4.90 Å². The highest BCUT2D eigenvalue weighted by Gasteiger charge is 2.25. The number of likely N-dealkylation sites (tertiary alicyclic amines) is 1. The van der Waals surface area contributed by atoms with Gasteiger partial charge in [-0.2, -0.15) is 5.26 Å². The minimum absolute atomic E-state index is 0.413. The van der Waals surface area contributed by atoms with Crippen LogP contribution in [0.5, 0.6) is 0 Å². The number of ether oxygens (including phenoxy) is 1. The maximum absolute atomic E-state index is 9.10.